The molecule has 0 radical (unpaired) electrons. The van der Waals surface area contributed by atoms with E-state index in [1.165, 1.54) is 24.3 Å². The zero-order valence-electron chi connectivity index (χ0n) is 9.43. The number of nitrogen functional groups attached to an aromatic ring is 1. The summed E-state index contributed by atoms with van der Waals surface area (Å²) in [4.78, 5) is 14.5. The number of carboxylic acid groups (broad SMARTS) is 1. The third-order valence-electron chi connectivity index (χ3n) is 2.16. The van der Waals surface area contributed by atoms with Crippen LogP contribution in [0.1, 0.15) is 10.5 Å². The van der Waals surface area contributed by atoms with E-state index in [9.17, 15) is 9.18 Å². The van der Waals surface area contributed by atoms with Gasteiger partial charge in [0.05, 0.1) is 5.69 Å². The number of aromatic nitrogens is 1. The Kier molecular flexibility index (Phi) is 3.66. The van der Waals surface area contributed by atoms with E-state index in [4.69, 9.17) is 15.6 Å². The number of carbonyl (C=O) groups is 1. The third-order valence-corrected chi connectivity index (χ3v) is 2.62. The first-order valence-corrected chi connectivity index (χ1v) is 5.89. The summed E-state index contributed by atoms with van der Waals surface area (Å²) in [6, 6.07) is 6.53. The topological polar surface area (TPSA) is 85.4 Å². The molecule has 19 heavy (non-hydrogen) atoms. The Labute approximate surface area is 116 Å². The van der Waals surface area contributed by atoms with Crippen molar-refractivity contribution in [1.29, 1.82) is 0 Å². The highest BCUT2D eigenvalue weighted by molar-refractivity contribution is 9.10. The zero-order valence-corrected chi connectivity index (χ0v) is 11.0. The first kappa shape index (κ1) is 13.3. The van der Waals surface area contributed by atoms with E-state index in [2.05, 4.69) is 20.9 Å². The summed E-state index contributed by atoms with van der Waals surface area (Å²) >= 11 is 3.12. The van der Waals surface area contributed by atoms with E-state index in [0.717, 1.165) is 6.07 Å². The van der Waals surface area contributed by atoms with E-state index < -0.39 is 11.8 Å². The summed E-state index contributed by atoms with van der Waals surface area (Å²) < 4.78 is 19.0. The predicted octanol–water partition coefficient (Wildman–Crippen LogP) is 3.06. The van der Waals surface area contributed by atoms with Gasteiger partial charge in [-0.15, -0.1) is 0 Å². The fourth-order valence-electron chi connectivity index (χ4n) is 1.35. The van der Waals surface area contributed by atoms with E-state index in [-0.39, 0.29) is 23.0 Å². The summed E-state index contributed by atoms with van der Waals surface area (Å²) in [6.45, 7) is 0. The van der Waals surface area contributed by atoms with E-state index in [0.29, 0.717) is 4.47 Å². The van der Waals surface area contributed by atoms with Gasteiger partial charge in [-0.05, 0) is 24.3 Å². The second kappa shape index (κ2) is 5.23. The van der Waals surface area contributed by atoms with E-state index >= 15 is 0 Å². The molecule has 3 N–H and O–H groups in total. The monoisotopic (exact) mass is 326 g/mol. The van der Waals surface area contributed by atoms with Gasteiger partial charge < -0.3 is 15.6 Å². The first-order valence-electron chi connectivity index (χ1n) is 5.09. The van der Waals surface area contributed by atoms with Gasteiger partial charge in [0.15, 0.2) is 5.69 Å². The van der Waals surface area contributed by atoms with Gasteiger partial charge in [0.2, 0.25) is 5.88 Å². The van der Waals surface area contributed by atoms with Crippen LogP contribution < -0.4 is 10.5 Å². The number of rotatable bonds is 3. The maximum Gasteiger partial charge on any atom is 0.354 e. The van der Waals surface area contributed by atoms with Crippen molar-refractivity contribution < 1.29 is 19.0 Å². The lowest BCUT2D eigenvalue weighted by Gasteiger charge is -2.08. The zero-order chi connectivity index (χ0) is 14.0. The standard InChI is InChI=1S/C12H8BrFN2O3/c13-6-3-7(14)5-8(4-6)19-11-9(15)1-2-10(16-11)12(17)18/h1-5H,15H2,(H,17,18). The van der Waals surface area contributed by atoms with Crippen molar-refractivity contribution in [3.8, 4) is 11.6 Å². The number of ether oxygens (including phenoxy) is 1. The molecule has 2 rings (SSSR count). The number of pyridine rings is 1. The van der Waals surface area contributed by atoms with Crippen LogP contribution in [0.4, 0.5) is 10.1 Å². The molecular formula is C12H8BrFN2O3. The predicted molar refractivity (Wildman–Crippen MR) is 69.8 cm³/mol. The van der Waals surface area contributed by atoms with Crippen molar-refractivity contribution in [2.75, 3.05) is 5.73 Å². The van der Waals surface area contributed by atoms with Crippen molar-refractivity contribution in [2.24, 2.45) is 0 Å². The fourth-order valence-corrected chi connectivity index (χ4v) is 1.80. The highest BCUT2D eigenvalue weighted by Crippen LogP contribution is 2.28. The van der Waals surface area contributed by atoms with Crippen molar-refractivity contribution in [3.63, 3.8) is 0 Å². The largest absolute Gasteiger partial charge is 0.477 e. The van der Waals surface area contributed by atoms with Gasteiger partial charge in [-0.25, -0.2) is 14.2 Å². The number of halogens is 2. The summed E-state index contributed by atoms with van der Waals surface area (Å²) in [5.41, 5.74) is 5.58. The molecule has 0 aliphatic rings. The quantitative estimate of drug-likeness (QED) is 0.905. The molecule has 2 aromatic rings. The number of hydrogen-bond acceptors (Lipinski definition) is 4. The second-order valence-corrected chi connectivity index (χ2v) is 4.52. The number of nitrogens with two attached hydrogens (primary N) is 1. The third kappa shape index (κ3) is 3.19. The number of anilines is 1. The van der Waals surface area contributed by atoms with Crippen molar-refractivity contribution >= 4 is 27.6 Å². The van der Waals surface area contributed by atoms with Crippen LogP contribution in [-0.4, -0.2) is 16.1 Å². The summed E-state index contributed by atoms with van der Waals surface area (Å²) in [7, 11) is 0. The van der Waals surface area contributed by atoms with Gasteiger partial charge >= 0.3 is 5.97 Å². The Morgan fingerprint density at radius 3 is 2.74 bits per heavy atom. The minimum atomic E-state index is -1.20. The smallest absolute Gasteiger partial charge is 0.354 e. The highest BCUT2D eigenvalue weighted by Gasteiger charge is 2.11. The molecule has 7 heteroatoms. The molecule has 1 aromatic heterocycles. The molecule has 0 aliphatic carbocycles. The van der Waals surface area contributed by atoms with Crippen LogP contribution >= 0.6 is 15.9 Å². The Morgan fingerprint density at radius 1 is 1.37 bits per heavy atom. The summed E-state index contributed by atoms with van der Waals surface area (Å²) in [5, 5.41) is 8.83. The lowest BCUT2D eigenvalue weighted by Crippen LogP contribution is -2.03. The molecule has 0 atom stereocenters. The molecule has 1 heterocycles. The normalized spacial score (nSPS) is 10.2. The number of carboxylic acids is 1. The molecule has 98 valence electrons. The van der Waals surface area contributed by atoms with Crippen LogP contribution in [0.2, 0.25) is 0 Å². The van der Waals surface area contributed by atoms with Crippen molar-refractivity contribution in [2.45, 2.75) is 0 Å². The molecule has 0 unspecified atom stereocenters. The fraction of sp³-hybridized carbons (Fsp3) is 0. The number of nitrogens with zero attached hydrogens (tertiary/aromatic N) is 1. The Bertz CT molecular complexity index is 629. The van der Waals surface area contributed by atoms with Gasteiger partial charge in [0.25, 0.3) is 0 Å². The molecule has 0 aliphatic heterocycles. The molecule has 1 aromatic carbocycles. The molecule has 0 saturated carbocycles. The molecule has 0 fully saturated rings. The van der Waals surface area contributed by atoms with Crippen LogP contribution in [0.5, 0.6) is 11.6 Å². The van der Waals surface area contributed by atoms with Gasteiger partial charge in [-0.2, -0.15) is 0 Å². The van der Waals surface area contributed by atoms with Gasteiger partial charge in [0, 0.05) is 10.5 Å². The van der Waals surface area contributed by atoms with Gasteiger partial charge in [-0.3, -0.25) is 0 Å². The maximum absolute atomic E-state index is 13.2. The van der Waals surface area contributed by atoms with Crippen LogP contribution in [0.25, 0.3) is 0 Å². The molecule has 0 spiro atoms. The van der Waals surface area contributed by atoms with Crippen LogP contribution in [0.15, 0.2) is 34.8 Å². The average Bonchev–Trinajstić information content (AvgIpc) is 2.30. The minimum Gasteiger partial charge on any atom is -0.477 e. The van der Waals surface area contributed by atoms with Crippen LogP contribution in [0.3, 0.4) is 0 Å². The maximum atomic E-state index is 13.2. The second-order valence-electron chi connectivity index (χ2n) is 3.60. The van der Waals surface area contributed by atoms with Gasteiger partial charge in [-0.1, -0.05) is 15.9 Å². The molecular weight excluding hydrogens is 319 g/mol. The Balaban J connectivity index is 2.37. The van der Waals surface area contributed by atoms with E-state index in [1.54, 1.807) is 0 Å². The summed E-state index contributed by atoms with van der Waals surface area (Å²) in [6.07, 6.45) is 0. The highest BCUT2D eigenvalue weighted by atomic mass is 79.9. The minimum absolute atomic E-state index is 0.0857. The van der Waals surface area contributed by atoms with Gasteiger partial charge in [0.1, 0.15) is 11.6 Å². The molecule has 5 nitrogen and oxygen atoms in total. The summed E-state index contributed by atoms with van der Waals surface area (Å²) in [5.74, 6) is -1.63. The van der Waals surface area contributed by atoms with Crippen molar-refractivity contribution in [1.82, 2.24) is 4.98 Å². The lowest BCUT2D eigenvalue weighted by molar-refractivity contribution is 0.0689. The molecule has 0 amide bonds. The lowest BCUT2D eigenvalue weighted by atomic mass is 10.3. The first-order chi connectivity index (χ1) is 8.95. The van der Waals surface area contributed by atoms with Crippen LogP contribution in [-0.2, 0) is 0 Å². The van der Waals surface area contributed by atoms with Crippen molar-refractivity contribution in [3.05, 3.63) is 46.3 Å². The average molecular weight is 327 g/mol. The van der Waals surface area contributed by atoms with Crippen LogP contribution in [0, 0.1) is 5.82 Å². The number of benzene rings is 1. The Morgan fingerprint density at radius 2 is 2.11 bits per heavy atom. The number of aromatic carboxylic acids is 1. The molecule has 0 saturated heterocycles. The SMILES string of the molecule is Nc1ccc(C(=O)O)nc1Oc1cc(F)cc(Br)c1. The molecule has 0 bridgehead atoms. The number of hydrogen-bond donors (Lipinski definition) is 2. The Hall–Kier alpha value is -2.15. The van der Waals surface area contributed by atoms with E-state index in [1.807, 2.05) is 0 Å².